The molecule has 3 N–H and O–H groups in total. The second-order valence-electron chi connectivity index (χ2n) is 19.1. The number of methoxy groups -OCH3 is 2. The van der Waals surface area contributed by atoms with Gasteiger partial charge in [-0.25, -0.2) is 9.59 Å². The minimum Gasteiger partial charge on any atom is -0.459 e. The third kappa shape index (κ3) is 7.55. The lowest BCUT2D eigenvalue weighted by Crippen LogP contribution is -2.56. The zero-order valence-electron chi connectivity index (χ0n) is 36.7. The summed E-state index contributed by atoms with van der Waals surface area (Å²) in [6.45, 7) is 11.0. The van der Waals surface area contributed by atoms with Crippen molar-refractivity contribution in [2.75, 3.05) is 14.2 Å². The Bertz CT molecular complexity index is 2240. The van der Waals surface area contributed by atoms with Crippen LogP contribution in [0.2, 0.25) is 0 Å². The summed E-state index contributed by atoms with van der Waals surface area (Å²) in [4.78, 5) is 46.8. The molecule has 2 aromatic rings. The van der Waals surface area contributed by atoms with Crippen LogP contribution in [0.15, 0.2) is 36.4 Å². The Labute approximate surface area is 359 Å². The Kier molecular flexibility index (Phi) is 11.8. The lowest BCUT2D eigenvalue weighted by atomic mass is 9.51. The summed E-state index contributed by atoms with van der Waals surface area (Å²) in [7, 11) is 2.55. The number of carbonyl (C=O) groups is 4. The molecule has 2 aromatic carbocycles. The molecular weight excluding hydrogens is 777 g/mol. The van der Waals surface area contributed by atoms with E-state index in [1.54, 1.807) is 0 Å². The summed E-state index contributed by atoms with van der Waals surface area (Å²) in [5, 5.41) is 34.9. The molecule has 8 rings (SSSR count). The third-order valence-electron chi connectivity index (χ3n) is 16.0. The molecule has 0 aliphatic heterocycles. The number of aryl methyl sites for hydroxylation is 2. The van der Waals surface area contributed by atoms with E-state index >= 15 is 0 Å². The van der Waals surface area contributed by atoms with Crippen LogP contribution in [0.3, 0.4) is 0 Å². The van der Waals surface area contributed by atoms with Gasteiger partial charge in [-0.2, -0.15) is 0 Å². The Morgan fingerprint density at radius 3 is 1.72 bits per heavy atom. The fourth-order valence-corrected chi connectivity index (χ4v) is 12.8. The first kappa shape index (κ1) is 44.4. The minimum absolute atomic E-state index is 0.0318. The summed E-state index contributed by atoms with van der Waals surface area (Å²) in [6.07, 6.45) is 5.88. The van der Waals surface area contributed by atoms with Gasteiger partial charge in [-0.15, -0.1) is 0 Å². The molecule has 0 amide bonds. The summed E-state index contributed by atoms with van der Waals surface area (Å²) < 4.78 is 20.7. The van der Waals surface area contributed by atoms with Crippen LogP contribution >= 0.6 is 0 Å². The van der Waals surface area contributed by atoms with E-state index in [1.165, 1.54) is 39.2 Å². The fourth-order valence-electron chi connectivity index (χ4n) is 12.8. The summed E-state index contributed by atoms with van der Waals surface area (Å²) in [5.74, 6) is 9.34. The zero-order valence-corrected chi connectivity index (χ0v) is 36.7. The van der Waals surface area contributed by atoms with Crippen molar-refractivity contribution in [1.29, 1.82) is 0 Å². The highest BCUT2D eigenvalue weighted by Gasteiger charge is 2.66. The maximum absolute atomic E-state index is 11.9. The van der Waals surface area contributed by atoms with Gasteiger partial charge in [0.1, 0.15) is 23.4 Å². The van der Waals surface area contributed by atoms with Crippen LogP contribution in [0.5, 0.6) is 0 Å². The number of fused-ring (bicyclic) bond motifs is 10. The molecule has 0 bridgehead atoms. The Balaban J connectivity index is 0.000000184. The fraction of sp³-hybridized carbons (Fsp3) is 0.600. The van der Waals surface area contributed by atoms with Gasteiger partial charge in [0, 0.05) is 36.5 Å². The lowest BCUT2D eigenvalue weighted by Gasteiger charge is -2.56. The van der Waals surface area contributed by atoms with Crippen LogP contribution in [0.1, 0.15) is 143 Å². The standard InChI is InChI=1S/C25H30O6.C25H30O5/c1-15-5-6-18-17(13-15)21(31-16(2)26)14-20-19-7-9-24(28,10-8-22(27)30-4)23(19,3)11-12-25(18,20)29;1-15-5-6-17-18-7-10-24(3)21(8-11-25(24,28)12-9-23(27)29-4)19(18)14-22(20(17)13-15)30-16(2)26/h5-6,13,19-21,28-29H,7,9,11-12,14H2,1-4H3;5-6,13,18-19,21-22,28H,7-8,10-11,14H2,1-4H3/t19-,20-,21+,23-,24+,25-;18-,19-,21+,22-,24+,25-/m01/s1. The molecule has 12 atom stereocenters. The highest BCUT2D eigenvalue weighted by molar-refractivity contribution is 5.89. The average Bonchev–Trinajstić information content (AvgIpc) is 3.64. The molecule has 0 aromatic heterocycles. The van der Waals surface area contributed by atoms with Crippen molar-refractivity contribution in [2.24, 2.45) is 34.5 Å². The van der Waals surface area contributed by atoms with E-state index in [1.807, 2.05) is 32.0 Å². The molecule has 0 spiro atoms. The van der Waals surface area contributed by atoms with Crippen molar-refractivity contribution in [3.05, 3.63) is 69.8 Å². The first-order valence-electron chi connectivity index (χ1n) is 21.7. The van der Waals surface area contributed by atoms with Crippen LogP contribution in [0, 0.1) is 72.0 Å². The topological polar surface area (TPSA) is 166 Å². The first-order valence-corrected chi connectivity index (χ1v) is 21.7. The van der Waals surface area contributed by atoms with E-state index in [0.717, 1.165) is 47.9 Å². The molecule has 326 valence electrons. The summed E-state index contributed by atoms with van der Waals surface area (Å²) >= 11 is 0. The van der Waals surface area contributed by atoms with Gasteiger partial charge in [0.2, 0.25) is 0 Å². The van der Waals surface area contributed by atoms with E-state index in [4.69, 9.17) is 9.47 Å². The quantitative estimate of drug-likeness (QED) is 0.127. The van der Waals surface area contributed by atoms with E-state index in [9.17, 15) is 34.5 Å². The van der Waals surface area contributed by atoms with Gasteiger partial charge in [-0.05, 0) is 130 Å². The molecule has 0 saturated heterocycles. The van der Waals surface area contributed by atoms with E-state index in [2.05, 4.69) is 65.2 Å². The number of rotatable bonds is 2. The molecule has 0 radical (unpaired) electrons. The average molecular weight is 837 g/mol. The molecule has 6 aliphatic rings. The van der Waals surface area contributed by atoms with Crippen LogP contribution in [0.4, 0.5) is 0 Å². The highest BCUT2D eigenvalue weighted by atomic mass is 16.5. The van der Waals surface area contributed by atoms with Gasteiger partial charge in [-0.1, -0.05) is 73.2 Å². The van der Waals surface area contributed by atoms with E-state index in [-0.39, 0.29) is 35.8 Å². The highest BCUT2D eigenvalue weighted by Crippen LogP contribution is 2.67. The Morgan fingerprint density at radius 1 is 0.623 bits per heavy atom. The molecule has 0 heterocycles. The maximum Gasteiger partial charge on any atom is 0.384 e. The van der Waals surface area contributed by atoms with Crippen molar-refractivity contribution in [2.45, 2.75) is 141 Å². The van der Waals surface area contributed by atoms with Crippen molar-refractivity contribution in [3.8, 4) is 23.7 Å². The predicted molar refractivity (Wildman–Crippen MR) is 224 cm³/mol. The monoisotopic (exact) mass is 836 g/mol. The van der Waals surface area contributed by atoms with Gasteiger partial charge in [0.05, 0.1) is 19.8 Å². The number of ether oxygens (including phenoxy) is 4. The van der Waals surface area contributed by atoms with Gasteiger partial charge in [0.15, 0.2) is 0 Å². The van der Waals surface area contributed by atoms with Crippen molar-refractivity contribution in [1.82, 2.24) is 0 Å². The van der Waals surface area contributed by atoms with E-state index in [0.29, 0.717) is 50.4 Å². The molecule has 6 aliphatic carbocycles. The van der Waals surface area contributed by atoms with Crippen molar-refractivity contribution < 1.29 is 53.4 Å². The molecule has 61 heavy (non-hydrogen) atoms. The Hall–Kier alpha value is -4.68. The van der Waals surface area contributed by atoms with Crippen LogP contribution in [0.25, 0.3) is 0 Å². The third-order valence-corrected chi connectivity index (χ3v) is 16.0. The van der Waals surface area contributed by atoms with Gasteiger partial charge < -0.3 is 34.3 Å². The number of hydrogen-bond acceptors (Lipinski definition) is 11. The second kappa shape index (κ2) is 16.2. The van der Waals surface area contributed by atoms with Gasteiger partial charge >= 0.3 is 23.9 Å². The maximum atomic E-state index is 11.9. The predicted octanol–water partition coefficient (Wildman–Crippen LogP) is 6.74. The smallest absolute Gasteiger partial charge is 0.384 e. The number of carbonyl (C=O) groups excluding carboxylic acids is 4. The molecular formula is C50H60O11. The van der Waals surface area contributed by atoms with Crippen LogP contribution < -0.4 is 0 Å². The number of hydrogen-bond donors (Lipinski definition) is 3. The van der Waals surface area contributed by atoms with Crippen molar-refractivity contribution in [3.63, 3.8) is 0 Å². The van der Waals surface area contributed by atoms with Crippen LogP contribution in [-0.4, -0.2) is 64.6 Å². The SMILES string of the molecule is COC(=O)C#C[C@]1(O)CC[C@H]2[C@@H]3C[C@@H](OC(C)=O)c4cc(C)ccc4[C@@]3(O)CC[C@@]21C.COC(=O)C#C[C@]1(O)CC[C@H]2[C@@H]3C[C@@H](OC(C)=O)c4cc(C)ccc4[C@H]3CC[C@@]21C. The number of aliphatic hydroxyl groups is 3. The molecule has 11 heteroatoms. The summed E-state index contributed by atoms with van der Waals surface area (Å²) in [6, 6.07) is 12.4. The largest absolute Gasteiger partial charge is 0.459 e. The number of benzene rings is 2. The minimum atomic E-state index is -1.34. The van der Waals surface area contributed by atoms with Crippen LogP contribution in [-0.2, 0) is 43.7 Å². The normalized spacial score (nSPS) is 37.3. The van der Waals surface area contributed by atoms with Gasteiger partial charge in [-0.3, -0.25) is 9.59 Å². The van der Waals surface area contributed by atoms with Gasteiger partial charge in [0.25, 0.3) is 0 Å². The lowest BCUT2D eigenvalue weighted by molar-refractivity contribution is -0.176. The molecule has 11 nitrogen and oxygen atoms in total. The van der Waals surface area contributed by atoms with E-state index < -0.39 is 45.7 Å². The Morgan fingerprint density at radius 2 is 1.15 bits per heavy atom. The molecule has 4 saturated carbocycles. The zero-order chi connectivity index (χ0) is 44.3. The first-order chi connectivity index (χ1) is 28.7. The molecule has 4 fully saturated rings. The number of esters is 4. The second-order valence-corrected chi connectivity index (χ2v) is 19.1. The molecule has 0 unspecified atom stereocenters. The van der Waals surface area contributed by atoms with Crippen molar-refractivity contribution >= 4 is 23.9 Å². The summed E-state index contributed by atoms with van der Waals surface area (Å²) in [5.41, 5.74) is 1.73.